The maximum Gasteiger partial charge on any atom is 0.235 e. The number of carbonyl (C=O) groups excluding carboxylic acids is 1. The molecule has 0 aliphatic heterocycles. The van der Waals surface area contributed by atoms with E-state index in [9.17, 15) is 4.79 Å². The van der Waals surface area contributed by atoms with Crippen LogP contribution >= 0.6 is 11.8 Å². The Balaban J connectivity index is 1.56. The minimum Gasteiger partial charge on any atom is -0.340 e. The fourth-order valence-electron chi connectivity index (χ4n) is 3.45. The van der Waals surface area contributed by atoms with Crippen LogP contribution in [0.4, 0.5) is 0 Å². The van der Waals surface area contributed by atoms with Crippen molar-refractivity contribution in [3.63, 3.8) is 0 Å². The first-order valence-electron chi connectivity index (χ1n) is 10.4. The summed E-state index contributed by atoms with van der Waals surface area (Å²) in [7, 11) is 1.84. The first-order chi connectivity index (χ1) is 15.6. The van der Waals surface area contributed by atoms with E-state index in [1.54, 1.807) is 17.3 Å². The summed E-state index contributed by atoms with van der Waals surface area (Å²) in [5, 5.41) is 9.27. The van der Waals surface area contributed by atoms with E-state index in [2.05, 4.69) is 31.9 Å². The second-order valence-corrected chi connectivity index (χ2v) is 8.87. The van der Waals surface area contributed by atoms with E-state index in [-0.39, 0.29) is 11.2 Å². The van der Waals surface area contributed by atoms with Crippen LogP contribution in [0.3, 0.4) is 0 Å². The average molecular weight is 444 g/mol. The molecule has 0 spiro atoms. The van der Waals surface area contributed by atoms with Crippen LogP contribution in [0.25, 0.3) is 11.4 Å². The van der Waals surface area contributed by atoms with Gasteiger partial charge in [-0.2, -0.15) is 0 Å². The molecule has 162 valence electrons. The highest BCUT2D eigenvalue weighted by atomic mass is 32.2. The first-order valence-corrected chi connectivity index (χ1v) is 11.3. The van der Waals surface area contributed by atoms with Gasteiger partial charge in [0.2, 0.25) is 5.91 Å². The Kier molecular flexibility index (Phi) is 6.97. The molecule has 0 radical (unpaired) electrons. The predicted molar refractivity (Wildman–Crippen MR) is 127 cm³/mol. The van der Waals surface area contributed by atoms with Crippen molar-refractivity contribution in [2.45, 2.75) is 30.4 Å². The summed E-state index contributed by atoms with van der Waals surface area (Å²) in [5.74, 6) is 0.790. The Hall–Kier alpha value is -3.45. The fourth-order valence-corrected chi connectivity index (χ4v) is 4.41. The molecule has 2 aromatic carbocycles. The van der Waals surface area contributed by atoms with Gasteiger partial charge in [0.1, 0.15) is 0 Å². The minimum absolute atomic E-state index is 0.0519. The van der Waals surface area contributed by atoms with Crippen molar-refractivity contribution in [1.29, 1.82) is 0 Å². The van der Waals surface area contributed by atoms with E-state index in [1.165, 1.54) is 11.8 Å². The molecular formula is C25H25N5OS. The summed E-state index contributed by atoms with van der Waals surface area (Å²) in [4.78, 5) is 19.0. The number of thioether (sulfide) groups is 1. The maximum atomic E-state index is 13.0. The summed E-state index contributed by atoms with van der Waals surface area (Å²) < 4.78 is 2.05. The molecule has 0 unspecified atom stereocenters. The monoisotopic (exact) mass is 443 g/mol. The number of amides is 1. The molecule has 7 heteroatoms. The fraction of sp³-hybridized carbons (Fsp3) is 0.200. The van der Waals surface area contributed by atoms with E-state index >= 15 is 0 Å². The zero-order valence-corrected chi connectivity index (χ0v) is 18.9. The Morgan fingerprint density at radius 3 is 2.31 bits per heavy atom. The summed E-state index contributed by atoms with van der Waals surface area (Å²) >= 11 is 1.43. The number of benzene rings is 2. The normalized spacial score (nSPS) is 11.8. The third-order valence-electron chi connectivity index (χ3n) is 5.09. The van der Waals surface area contributed by atoms with Crippen LogP contribution in [-0.2, 0) is 17.9 Å². The van der Waals surface area contributed by atoms with Crippen LogP contribution < -0.4 is 0 Å². The highest BCUT2D eigenvalue weighted by Gasteiger charge is 2.23. The smallest absolute Gasteiger partial charge is 0.235 e. The van der Waals surface area contributed by atoms with Gasteiger partial charge in [0.15, 0.2) is 11.0 Å². The van der Waals surface area contributed by atoms with E-state index in [0.717, 1.165) is 22.5 Å². The molecule has 0 N–H and O–H groups in total. The maximum absolute atomic E-state index is 13.0. The lowest BCUT2D eigenvalue weighted by Crippen LogP contribution is -2.33. The van der Waals surface area contributed by atoms with Crippen molar-refractivity contribution < 1.29 is 4.79 Å². The van der Waals surface area contributed by atoms with Gasteiger partial charge in [0.25, 0.3) is 0 Å². The number of hydrogen-bond donors (Lipinski definition) is 0. The largest absolute Gasteiger partial charge is 0.340 e. The highest BCUT2D eigenvalue weighted by Crippen LogP contribution is 2.28. The van der Waals surface area contributed by atoms with E-state index in [1.807, 2.05) is 74.6 Å². The third-order valence-corrected chi connectivity index (χ3v) is 6.16. The minimum atomic E-state index is -0.302. The molecule has 2 aromatic heterocycles. The number of aromatic nitrogens is 4. The van der Waals surface area contributed by atoms with Crippen LogP contribution in [-0.4, -0.2) is 42.9 Å². The zero-order chi connectivity index (χ0) is 22.3. The van der Waals surface area contributed by atoms with E-state index < -0.39 is 0 Å². The van der Waals surface area contributed by atoms with Crippen LogP contribution in [0.5, 0.6) is 0 Å². The van der Waals surface area contributed by atoms with Gasteiger partial charge in [-0.3, -0.25) is 14.3 Å². The van der Waals surface area contributed by atoms with Gasteiger partial charge in [-0.1, -0.05) is 72.4 Å². The standard InChI is InChI=1S/C25H25N5OS/c1-19(24(31)29(2)17-20-10-5-3-6-11-20)32-25-28-27-23(22-14-9-15-26-16-22)30(25)18-21-12-7-4-8-13-21/h3-16,19H,17-18H2,1-2H3/t19-/m1/s1. The van der Waals surface area contributed by atoms with Crippen molar-refractivity contribution in [2.24, 2.45) is 0 Å². The molecule has 32 heavy (non-hydrogen) atoms. The zero-order valence-electron chi connectivity index (χ0n) is 18.1. The van der Waals surface area contributed by atoms with Crippen LogP contribution in [0, 0.1) is 0 Å². The lowest BCUT2D eigenvalue weighted by molar-refractivity contribution is -0.129. The number of pyridine rings is 1. The molecule has 6 nitrogen and oxygen atoms in total. The number of rotatable bonds is 8. The molecule has 0 aliphatic carbocycles. The lowest BCUT2D eigenvalue weighted by atomic mass is 10.2. The quantitative estimate of drug-likeness (QED) is 0.375. The van der Waals surface area contributed by atoms with Gasteiger partial charge in [-0.25, -0.2) is 0 Å². The van der Waals surface area contributed by atoms with Crippen molar-refractivity contribution in [3.8, 4) is 11.4 Å². The van der Waals surface area contributed by atoms with Gasteiger partial charge in [0.05, 0.1) is 11.8 Å². The van der Waals surface area contributed by atoms with Crippen LogP contribution in [0.2, 0.25) is 0 Å². The number of hydrogen-bond acceptors (Lipinski definition) is 5. The molecule has 1 atom stereocenters. The van der Waals surface area contributed by atoms with E-state index in [4.69, 9.17) is 0 Å². The average Bonchev–Trinajstić information content (AvgIpc) is 3.22. The molecule has 0 saturated carbocycles. The van der Waals surface area contributed by atoms with Crippen LogP contribution in [0.1, 0.15) is 18.1 Å². The van der Waals surface area contributed by atoms with Gasteiger partial charge in [-0.15, -0.1) is 10.2 Å². The number of nitrogens with zero attached hydrogens (tertiary/aromatic N) is 5. The summed E-state index contributed by atoms with van der Waals surface area (Å²) in [5.41, 5.74) is 3.13. The Bertz CT molecular complexity index is 1150. The molecule has 1 amide bonds. The van der Waals surface area contributed by atoms with Gasteiger partial charge in [-0.05, 0) is 30.2 Å². The molecule has 0 bridgehead atoms. The molecule has 4 rings (SSSR count). The molecule has 4 aromatic rings. The molecule has 0 fully saturated rings. The molecule has 0 saturated heterocycles. The lowest BCUT2D eigenvalue weighted by Gasteiger charge is -2.21. The second-order valence-electron chi connectivity index (χ2n) is 7.56. The van der Waals surface area contributed by atoms with Crippen molar-refractivity contribution >= 4 is 17.7 Å². The SMILES string of the molecule is C[C@@H](Sc1nnc(-c2cccnc2)n1Cc1ccccc1)C(=O)N(C)Cc1ccccc1. The van der Waals surface area contributed by atoms with E-state index in [0.29, 0.717) is 18.2 Å². The third kappa shape index (κ3) is 5.23. The Morgan fingerprint density at radius 2 is 1.66 bits per heavy atom. The first kappa shape index (κ1) is 21.8. The molecule has 2 heterocycles. The summed E-state index contributed by atoms with van der Waals surface area (Å²) in [6, 6.07) is 24.0. The van der Waals surface area contributed by atoms with Gasteiger partial charge >= 0.3 is 0 Å². The van der Waals surface area contributed by atoms with Crippen molar-refractivity contribution in [2.75, 3.05) is 7.05 Å². The summed E-state index contributed by atoms with van der Waals surface area (Å²) in [6.45, 7) is 3.10. The topological polar surface area (TPSA) is 63.9 Å². The Morgan fingerprint density at radius 1 is 0.969 bits per heavy atom. The number of carbonyl (C=O) groups is 1. The summed E-state index contributed by atoms with van der Waals surface area (Å²) in [6.07, 6.45) is 3.52. The van der Waals surface area contributed by atoms with Crippen LogP contribution in [0.15, 0.2) is 90.3 Å². The van der Waals surface area contributed by atoms with Crippen molar-refractivity contribution in [1.82, 2.24) is 24.6 Å². The van der Waals surface area contributed by atoms with Gasteiger partial charge < -0.3 is 4.90 Å². The van der Waals surface area contributed by atoms with Crippen molar-refractivity contribution in [3.05, 3.63) is 96.3 Å². The molecular weight excluding hydrogens is 418 g/mol. The second kappa shape index (κ2) is 10.2. The van der Waals surface area contributed by atoms with Gasteiger partial charge in [0, 0.05) is 31.5 Å². The predicted octanol–water partition coefficient (Wildman–Crippen LogP) is 4.53. The Labute approximate surface area is 192 Å². The highest BCUT2D eigenvalue weighted by molar-refractivity contribution is 8.00. The molecule has 0 aliphatic rings.